The maximum absolute atomic E-state index is 12.9. The number of benzene rings is 2. The molecule has 158 valence electrons. The summed E-state index contributed by atoms with van der Waals surface area (Å²) in [6.07, 6.45) is 0. The van der Waals surface area contributed by atoms with Crippen LogP contribution in [0.15, 0.2) is 47.6 Å². The third-order valence-corrected chi connectivity index (χ3v) is 5.89. The first-order valence-electron chi connectivity index (χ1n) is 9.85. The molecule has 30 heavy (non-hydrogen) atoms. The van der Waals surface area contributed by atoms with E-state index in [0.29, 0.717) is 17.6 Å². The first-order chi connectivity index (χ1) is 14.4. The highest BCUT2D eigenvalue weighted by Crippen LogP contribution is 2.29. The van der Waals surface area contributed by atoms with Gasteiger partial charge in [-0.05, 0) is 59.0 Å². The molecule has 0 radical (unpaired) electrons. The van der Waals surface area contributed by atoms with Crippen LogP contribution in [0.5, 0.6) is 5.75 Å². The van der Waals surface area contributed by atoms with Crippen molar-refractivity contribution >= 4 is 23.4 Å². The highest BCUT2D eigenvalue weighted by Gasteiger charge is 2.21. The molecular formula is C22H27N5O2S. The van der Waals surface area contributed by atoms with E-state index in [4.69, 9.17) is 4.74 Å². The zero-order chi connectivity index (χ0) is 21.7. The van der Waals surface area contributed by atoms with E-state index in [0.717, 1.165) is 28.1 Å². The number of carbonyl (C=O) groups is 1. The van der Waals surface area contributed by atoms with Crippen molar-refractivity contribution in [3.05, 3.63) is 59.2 Å². The second kappa shape index (κ2) is 9.75. The van der Waals surface area contributed by atoms with Crippen molar-refractivity contribution in [3.63, 3.8) is 0 Å². The fourth-order valence-corrected chi connectivity index (χ4v) is 3.85. The molecule has 0 spiro atoms. The van der Waals surface area contributed by atoms with Gasteiger partial charge < -0.3 is 10.1 Å². The Bertz CT molecular complexity index is 1000. The number of carbonyl (C=O) groups excluding carboxylic acids is 1. The van der Waals surface area contributed by atoms with Crippen LogP contribution in [0.1, 0.15) is 43.4 Å². The largest absolute Gasteiger partial charge is 0.497 e. The molecule has 0 fully saturated rings. The van der Waals surface area contributed by atoms with Gasteiger partial charge in [-0.25, -0.2) is 4.68 Å². The Morgan fingerprint density at radius 1 is 1.17 bits per heavy atom. The van der Waals surface area contributed by atoms with Crippen molar-refractivity contribution in [3.8, 4) is 5.75 Å². The Kier molecular flexibility index (Phi) is 7.10. The highest BCUT2D eigenvalue weighted by molar-refractivity contribution is 8.00. The monoisotopic (exact) mass is 425 g/mol. The lowest BCUT2D eigenvalue weighted by Crippen LogP contribution is -2.24. The fourth-order valence-electron chi connectivity index (χ4n) is 3.06. The predicted octanol–water partition coefficient (Wildman–Crippen LogP) is 4.28. The van der Waals surface area contributed by atoms with Crippen molar-refractivity contribution in [2.45, 2.75) is 50.6 Å². The van der Waals surface area contributed by atoms with E-state index in [2.05, 4.69) is 40.8 Å². The molecule has 2 aromatic carbocycles. The second-order valence-corrected chi connectivity index (χ2v) is 8.72. The lowest BCUT2D eigenvalue weighted by atomic mass is 9.98. The average Bonchev–Trinajstić information content (AvgIpc) is 3.16. The summed E-state index contributed by atoms with van der Waals surface area (Å²) in [5, 5.41) is 15.3. The number of nitrogens with one attached hydrogen (secondary N) is 1. The van der Waals surface area contributed by atoms with Gasteiger partial charge in [-0.2, -0.15) is 0 Å². The molecule has 0 saturated carbocycles. The molecule has 0 bridgehead atoms. The summed E-state index contributed by atoms with van der Waals surface area (Å²) in [5.41, 5.74) is 4.12. The number of hydrogen-bond acceptors (Lipinski definition) is 6. The van der Waals surface area contributed by atoms with Crippen molar-refractivity contribution in [1.82, 2.24) is 20.2 Å². The minimum absolute atomic E-state index is 0.0739. The number of aryl methyl sites for hydroxylation is 1. The van der Waals surface area contributed by atoms with Crippen LogP contribution in [0.3, 0.4) is 0 Å². The minimum Gasteiger partial charge on any atom is -0.497 e. The highest BCUT2D eigenvalue weighted by atomic mass is 32.2. The topological polar surface area (TPSA) is 81.9 Å². The van der Waals surface area contributed by atoms with Crippen LogP contribution in [-0.4, -0.2) is 38.5 Å². The molecule has 0 aliphatic rings. The van der Waals surface area contributed by atoms with Crippen LogP contribution in [0.25, 0.3) is 0 Å². The summed E-state index contributed by atoms with van der Waals surface area (Å²) in [6, 6.07) is 13.8. The second-order valence-electron chi connectivity index (χ2n) is 7.41. The number of tetrazole rings is 1. The number of anilines is 1. The molecule has 7 nitrogen and oxygen atoms in total. The molecular weight excluding hydrogens is 398 g/mol. The maximum atomic E-state index is 12.9. The number of nitrogens with zero attached hydrogens (tertiary/aromatic N) is 4. The van der Waals surface area contributed by atoms with Gasteiger partial charge in [0, 0.05) is 5.69 Å². The van der Waals surface area contributed by atoms with E-state index in [9.17, 15) is 4.79 Å². The fraction of sp³-hybridized carbons (Fsp3) is 0.364. The lowest BCUT2D eigenvalue weighted by molar-refractivity contribution is -0.115. The number of rotatable bonds is 8. The lowest BCUT2D eigenvalue weighted by Gasteiger charge is -2.18. The normalized spacial score (nSPS) is 12.1. The molecule has 3 aromatic rings. The molecule has 8 heteroatoms. The van der Waals surface area contributed by atoms with Crippen molar-refractivity contribution < 1.29 is 9.53 Å². The zero-order valence-electron chi connectivity index (χ0n) is 17.9. The van der Waals surface area contributed by atoms with Gasteiger partial charge in [0.2, 0.25) is 11.1 Å². The van der Waals surface area contributed by atoms with Gasteiger partial charge in [-0.3, -0.25) is 4.79 Å². The van der Waals surface area contributed by atoms with E-state index in [1.165, 1.54) is 11.8 Å². The van der Waals surface area contributed by atoms with Gasteiger partial charge in [0.15, 0.2) is 0 Å². The molecule has 1 atom stereocenters. The van der Waals surface area contributed by atoms with Crippen LogP contribution in [0, 0.1) is 6.92 Å². The Hall–Kier alpha value is -2.87. The molecule has 0 saturated heterocycles. The molecule has 1 unspecified atom stereocenters. The van der Waals surface area contributed by atoms with Crippen LogP contribution in [-0.2, 0) is 11.3 Å². The Balaban J connectivity index is 1.69. The summed E-state index contributed by atoms with van der Waals surface area (Å²) >= 11 is 1.34. The molecule has 1 amide bonds. The first-order valence-corrected chi connectivity index (χ1v) is 10.7. The quantitative estimate of drug-likeness (QED) is 0.543. The third kappa shape index (κ3) is 5.18. The molecule has 1 aromatic heterocycles. The van der Waals surface area contributed by atoms with Gasteiger partial charge in [-0.15, -0.1) is 5.10 Å². The Labute approximate surface area is 181 Å². The van der Waals surface area contributed by atoms with Crippen LogP contribution in [0.4, 0.5) is 5.69 Å². The van der Waals surface area contributed by atoms with Gasteiger partial charge in [-0.1, -0.05) is 55.9 Å². The van der Waals surface area contributed by atoms with E-state index in [1.54, 1.807) is 11.8 Å². The smallest absolute Gasteiger partial charge is 0.237 e. The van der Waals surface area contributed by atoms with E-state index in [1.807, 2.05) is 50.2 Å². The Morgan fingerprint density at radius 2 is 1.90 bits per heavy atom. The van der Waals surface area contributed by atoms with E-state index < -0.39 is 0 Å². The van der Waals surface area contributed by atoms with Gasteiger partial charge in [0.25, 0.3) is 0 Å². The number of methoxy groups -OCH3 is 1. The molecule has 0 aliphatic carbocycles. The van der Waals surface area contributed by atoms with Gasteiger partial charge in [0.05, 0.1) is 18.9 Å². The number of amides is 1. The summed E-state index contributed by atoms with van der Waals surface area (Å²) in [6.45, 7) is 8.63. The number of ether oxygens (including phenoxy) is 1. The van der Waals surface area contributed by atoms with Crippen molar-refractivity contribution in [2.24, 2.45) is 0 Å². The summed E-state index contributed by atoms with van der Waals surface area (Å²) in [4.78, 5) is 12.9. The summed E-state index contributed by atoms with van der Waals surface area (Å²) < 4.78 is 6.89. The molecule has 1 heterocycles. The zero-order valence-corrected chi connectivity index (χ0v) is 18.7. The van der Waals surface area contributed by atoms with Crippen LogP contribution < -0.4 is 10.1 Å². The van der Waals surface area contributed by atoms with Crippen molar-refractivity contribution in [2.75, 3.05) is 12.4 Å². The summed E-state index contributed by atoms with van der Waals surface area (Å²) in [7, 11) is 1.64. The number of aromatic nitrogens is 4. The number of thioether (sulfide) groups is 1. The van der Waals surface area contributed by atoms with Crippen molar-refractivity contribution in [1.29, 1.82) is 0 Å². The molecule has 1 N–H and O–H groups in total. The molecule has 3 rings (SSSR count). The number of hydrogen-bond donors (Lipinski definition) is 1. The Morgan fingerprint density at radius 3 is 2.57 bits per heavy atom. The molecule has 0 aliphatic heterocycles. The van der Waals surface area contributed by atoms with E-state index in [-0.39, 0.29) is 11.2 Å². The van der Waals surface area contributed by atoms with Gasteiger partial charge >= 0.3 is 0 Å². The predicted molar refractivity (Wildman–Crippen MR) is 119 cm³/mol. The van der Waals surface area contributed by atoms with Gasteiger partial charge in [0.1, 0.15) is 5.75 Å². The van der Waals surface area contributed by atoms with E-state index >= 15 is 0 Å². The summed E-state index contributed by atoms with van der Waals surface area (Å²) in [5.74, 6) is 1.04. The number of para-hydroxylation sites is 1. The SMILES string of the molecule is COc1ccc(Cn2nnnc2SC(C)C(=O)Nc2c(C)cccc2C(C)C)cc1. The minimum atomic E-state index is -0.356. The third-order valence-electron chi connectivity index (χ3n) is 4.82. The average molecular weight is 426 g/mol. The maximum Gasteiger partial charge on any atom is 0.237 e. The van der Waals surface area contributed by atoms with Crippen LogP contribution >= 0.6 is 11.8 Å². The standard InChI is InChI=1S/C22H27N5O2S/c1-14(2)19-8-6-7-15(3)20(19)23-21(28)16(4)30-22-24-25-26-27(22)13-17-9-11-18(29-5)12-10-17/h6-12,14,16H,13H2,1-5H3,(H,23,28). The first kappa shape index (κ1) is 21.8. The van der Waals surface area contributed by atoms with Crippen LogP contribution in [0.2, 0.25) is 0 Å².